The molecule has 4 aromatic rings. The van der Waals surface area contributed by atoms with E-state index in [1.807, 2.05) is 0 Å². The van der Waals surface area contributed by atoms with Gasteiger partial charge in [0.1, 0.15) is 11.6 Å². The fourth-order valence-electron chi connectivity index (χ4n) is 3.49. The summed E-state index contributed by atoms with van der Waals surface area (Å²) in [5.41, 5.74) is 1.82. The SMILES string of the molecule is O=C(c1ccc2ncc(-c3ccc(Cl)cc3)nc2c1)c1c(F)ccc(CCCNS(=O)O)c1F. The van der Waals surface area contributed by atoms with Gasteiger partial charge < -0.3 is 0 Å². The molecule has 0 saturated heterocycles. The molecule has 4 rings (SSSR count). The first kappa shape index (κ1) is 24.0. The third-order valence-electron chi connectivity index (χ3n) is 5.19. The van der Waals surface area contributed by atoms with Gasteiger partial charge in [-0.05, 0) is 54.8 Å². The highest BCUT2D eigenvalue weighted by Gasteiger charge is 2.22. The Morgan fingerprint density at radius 3 is 2.56 bits per heavy atom. The maximum atomic E-state index is 15.1. The van der Waals surface area contributed by atoms with Crippen LogP contribution in [-0.4, -0.2) is 31.1 Å². The monoisotopic (exact) mass is 501 g/mol. The highest BCUT2D eigenvalue weighted by Crippen LogP contribution is 2.25. The first-order valence-electron chi connectivity index (χ1n) is 10.2. The fourth-order valence-corrected chi connectivity index (χ4v) is 3.94. The molecule has 1 atom stereocenters. The molecule has 0 radical (unpaired) electrons. The van der Waals surface area contributed by atoms with Crippen LogP contribution in [0.15, 0.2) is 60.8 Å². The Kier molecular flexibility index (Phi) is 7.38. The van der Waals surface area contributed by atoms with Gasteiger partial charge in [-0.3, -0.25) is 14.3 Å². The van der Waals surface area contributed by atoms with E-state index in [0.29, 0.717) is 28.2 Å². The Morgan fingerprint density at radius 1 is 1.06 bits per heavy atom. The van der Waals surface area contributed by atoms with Gasteiger partial charge in [-0.2, -0.15) is 0 Å². The van der Waals surface area contributed by atoms with Crippen molar-refractivity contribution >= 4 is 39.7 Å². The van der Waals surface area contributed by atoms with E-state index in [1.54, 1.807) is 36.5 Å². The maximum Gasteiger partial charge on any atom is 0.231 e. The minimum Gasteiger partial charge on any atom is -0.294 e. The highest BCUT2D eigenvalue weighted by molar-refractivity contribution is 7.77. The van der Waals surface area contributed by atoms with Gasteiger partial charge in [0.05, 0.1) is 28.5 Å². The van der Waals surface area contributed by atoms with E-state index in [4.69, 9.17) is 16.2 Å². The van der Waals surface area contributed by atoms with Crippen LogP contribution in [0.1, 0.15) is 27.9 Å². The zero-order chi connectivity index (χ0) is 24.2. The van der Waals surface area contributed by atoms with Crippen molar-refractivity contribution in [3.63, 3.8) is 0 Å². The number of hydrogen-bond acceptors (Lipinski definition) is 4. The van der Waals surface area contributed by atoms with Crippen molar-refractivity contribution in [1.29, 1.82) is 0 Å². The van der Waals surface area contributed by atoms with Crippen LogP contribution in [0.3, 0.4) is 0 Å². The number of hydrogen-bond donors (Lipinski definition) is 2. The maximum absolute atomic E-state index is 15.1. The second-order valence-corrected chi connectivity index (χ2v) is 8.66. The lowest BCUT2D eigenvalue weighted by molar-refractivity contribution is 0.103. The molecule has 3 aromatic carbocycles. The first-order chi connectivity index (χ1) is 16.3. The van der Waals surface area contributed by atoms with Crippen molar-refractivity contribution in [3.8, 4) is 11.3 Å². The van der Waals surface area contributed by atoms with Crippen LogP contribution in [0, 0.1) is 11.6 Å². The van der Waals surface area contributed by atoms with Crippen molar-refractivity contribution in [2.45, 2.75) is 12.8 Å². The molecule has 10 heteroatoms. The average molecular weight is 502 g/mol. The van der Waals surface area contributed by atoms with Gasteiger partial charge in [-0.25, -0.2) is 22.7 Å². The van der Waals surface area contributed by atoms with Crippen LogP contribution in [0.5, 0.6) is 0 Å². The molecule has 34 heavy (non-hydrogen) atoms. The fraction of sp³-hybridized carbons (Fsp3) is 0.125. The number of ketones is 1. The molecule has 0 saturated carbocycles. The molecule has 0 aliphatic rings. The number of carbonyl (C=O) groups excluding carboxylic acids is 1. The third kappa shape index (κ3) is 5.34. The average Bonchev–Trinajstić information content (AvgIpc) is 2.82. The molecule has 0 fully saturated rings. The lowest BCUT2D eigenvalue weighted by Crippen LogP contribution is -2.18. The van der Waals surface area contributed by atoms with Gasteiger partial charge >= 0.3 is 0 Å². The van der Waals surface area contributed by atoms with Crippen LogP contribution >= 0.6 is 11.6 Å². The van der Waals surface area contributed by atoms with E-state index in [2.05, 4.69) is 14.7 Å². The predicted molar refractivity (Wildman–Crippen MR) is 127 cm³/mol. The molecule has 0 amide bonds. The number of aryl methyl sites for hydroxylation is 1. The van der Waals surface area contributed by atoms with E-state index in [0.717, 1.165) is 11.6 Å². The summed E-state index contributed by atoms with van der Waals surface area (Å²) >= 11 is 3.76. The first-order valence-corrected chi connectivity index (χ1v) is 11.7. The van der Waals surface area contributed by atoms with E-state index in [1.165, 1.54) is 18.2 Å². The molecule has 2 N–H and O–H groups in total. The minimum absolute atomic E-state index is 0.0716. The van der Waals surface area contributed by atoms with E-state index in [-0.39, 0.29) is 24.1 Å². The number of aromatic nitrogens is 2. The van der Waals surface area contributed by atoms with Gasteiger partial charge in [0.2, 0.25) is 11.3 Å². The Morgan fingerprint density at radius 2 is 1.82 bits per heavy atom. The summed E-state index contributed by atoms with van der Waals surface area (Å²) < 4.78 is 51.2. The van der Waals surface area contributed by atoms with E-state index < -0.39 is 34.2 Å². The molecule has 1 aromatic heterocycles. The molecular weight excluding hydrogens is 484 g/mol. The normalized spacial score (nSPS) is 12.1. The summed E-state index contributed by atoms with van der Waals surface area (Å²) in [6.45, 7) is 0.155. The second kappa shape index (κ2) is 10.4. The Balaban J connectivity index is 1.64. The zero-order valence-electron chi connectivity index (χ0n) is 17.6. The zero-order valence-corrected chi connectivity index (χ0v) is 19.2. The summed E-state index contributed by atoms with van der Waals surface area (Å²) in [7, 11) is 0. The molecule has 6 nitrogen and oxygen atoms in total. The topological polar surface area (TPSA) is 92.2 Å². The second-order valence-electron chi connectivity index (χ2n) is 7.44. The molecule has 0 aliphatic carbocycles. The van der Waals surface area contributed by atoms with Crippen LogP contribution in [0.2, 0.25) is 5.02 Å². The number of rotatable bonds is 8. The Hall–Kier alpha value is -3.11. The number of halogens is 3. The smallest absolute Gasteiger partial charge is 0.231 e. The summed E-state index contributed by atoms with van der Waals surface area (Å²) in [4.78, 5) is 22.0. The number of fused-ring (bicyclic) bond motifs is 1. The van der Waals surface area contributed by atoms with Crippen molar-refractivity contribution in [2.24, 2.45) is 0 Å². The summed E-state index contributed by atoms with van der Waals surface area (Å²) in [5.74, 6) is -2.73. The summed E-state index contributed by atoms with van der Waals surface area (Å²) in [5, 5.41) is 0.580. The molecule has 1 unspecified atom stereocenters. The van der Waals surface area contributed by atoms with Crippen LogP contribution in [-0.2, 0) is 17.7 Å². The number of nitrogens with zero attached hydrogens (tertiary/aromatic N) is 2. The standard InChI is InChI=1S/C24H18ClF2N3O3S/c25-17-7-3-14(4-8-17)21-13-28-19-10-6-16(12-20(19)30-21)24(31)22-18(26)9-5-15(23(22)27)2-1-11-29-34(32)33/h3-10,12-13,29H,1-2,11H2,(H,32,33). The lowest BCUT2D eigenvalue weighted by atomic mass is 9.97. The summed E-state index contributed by atoms with van der Waals surface area (Å²) in [6.07, 6.45) is 2.07. The Labute approximate surface area is 201 Å². The lowest BCUT2D eigenvalue weighted by Gasteiger charge is -2.10. The quantitative estimate of drug-likeness (QED) is 0.199. The van der Waals surface area contributed by atoms with Gasteiger partial charge in [0, 0.05) is 22.7 Å². The molecule has 1 heterocycles. The van der Waals surface area contributed by atoms with Gasteiger partial charge in [-0.1, -0.05) is 29.8 Å². The van der Waals surface area contributed by atoms with Gasteiger partial charge in [0.25, 0.3) is 0 Å². The number of nitrogens with one attached hydrogen (secondary N) is 1. The van der Waals surface area contributed by atoms with E-state index >= 15 is 4.39 Å². The molecule has 0 spiro atoms. The predicted octanol–water partition coefficient (Wildman–Crippen LogP) is 5.12. The largest absolute Gasteiger partial charge is 0.294 e. The van der Waals surface area contributed by atoms with Crippen molar-refractivity contribution in [2.75, 3.05) is 6.54 Å². The van der Waals surface area contributed by atoms with E-state index in [9.17, 15) is 13.4 Å². The van der Waals surface area contributed by atoms with Crippen LogP contribution < -0.4 is 4.72 Å². The van der Waals surface area contributed by atoms with Crippen LogP contribution in [0.4, 0.5) is 8.78 Å². The molecule has 0 aliphatic heterocycles. The molecular formula is C24H18ClF2N3O3S. The van der Waals surface area contributed by atoms with Crippen molar-refractivity contribution in [1.82, 2.24) is 14.7 Å². The minimum atomic E-state index is -2.17. The summed E-state index contributed by atoms with van der Waals surface area (Å²) in [6, 6.07) is 13.8. The Bertz CT molecular complexity index is 1400. The number of benzene rings is 3. The van der Waals surface area contributed by atoms with Gasteiger partial charge in [-0.15, -0.1) is 0 Å². The molecule has 0 bridgehead atoms. The van der Waals surface area contributed by atoms with Crippen molar-refractivity contribution in [3.05, 3.63) is 94.1 Å². The van der Waals surface area contributed by atoms with Gasteiger partial charge in [0.15, 0.2) is 5.78 Å². The van der Waals surface area contributed by atoms with Crippen LogP contribution in [0.25, 0.3) is 22.3 Å². The third-order valence-corrected chi connectivity index (χ3v) is 5.89. The number of carbonyl (C=O) groups is 1. The van der Waals surface area contributed by atoms with Crippen molar-refractivity contribution < 1.29 is 22.3 Å². The molecule has 174 valence electrons. The highest BCUT2D eigenvalue weighted by atomic mass is 35.5.